The molecule has 1 aliphatic rings. The Labute approximate surface area is 61.8 Å². The molecule has 1 atom stereocenters. The van der Waals surface area contributed by atoms with Crippen molar-refractivity contribution in [2.24, 2.45) is 0 Å². The van der Waals surface area contributed by atoms with Gasteiger partial charge in [-0.05, 0) is 25.8 Å². The number of allylic oxidation sites excluding steroid dienone is 1. The van der Waals surface area contributed by atoms with E-state index in [0.29, 0.717) is 0 Å². The lowest BCUT2D eigenvalue weighted by atomic mass is 10.1. The quantitative estimate of drug-likeness (QED) is 0.519. The third kappa shape index (κ3) is 1.39. The van der Waals surface area contributed by atoms with Crippen LogP contribution in [0.25, 0.3) is 0 Å². The number of methoxy groups -OCH3 is 1. The molecule has 2 heteroatoms. The smallest absolute Gasteiger partial charge is 0.179 e. The van der Waals surface area contributed by atoms with E-state index in [-0.39, 0.29) is 6.29 Å². The van der Waals surface area contributed by atoms with Crippen molar-refractivity contribution in [3.05, 3.63) is 11.1 Å². The van der Waals surface area contributed by atoms with Gasteiger partial charge in [-0.15, -0.1) is 0 Å². The van der Waals surface area contributed by atoms with Crippen molar-refractivity contribution < 1.29 is 9.47 Å². The number of rotatable bonds is 1. The van der Waals surface area contributed by atoms with E-state index in [9.17, 15) is 0 Å². The van der Waals surface area contributed by atoms with E-state index < -0.39 is 0 Å². The predicted molar refractivity (Wildman–Crippen MR) is 39.7 cm³/mol. The minimum atomic E-state index is -0.0648. The maximum atomic E-state index is 5.30. The second-order valence-corrected chi connectivity index (χ2v) is 2.71. The largest absolute Gasteiger partial charge is 0.352 e. The zero-order valence-corrected chi connectivity index (χ0v) is 6.81. The maximum Gasteiger partial charge on any atom is 0.179 e. The van der Waals surface area contributed by atoms with Gasteiger partial charge in [-0.2, -0.15) is 0 Å². The zero-order valence-electron chi connectivity index (χ0n) is 6.81. The Balaban J connectivity index is 2.68. The van der Waals surface area contributed by atoms with Crippen molar-refractivity contribution in [2.45, 2.75) is 26.6 Å². The molecule has 0 amide bonds. The van der Waals surface area contributed by atoms with Crippen molar-refractivity contribution in [1.29, 1.82) is 0 Å². The lowest BCUT2D eigenvalue weighted by molar-refractivity contribution is -0.0697. The first-order chi connectivity index (χ1) is 4.75. The molecular weight excluding hydrogens is 128 g/mol. The molecule has 1 heterocycles. The van der Waals surface area contributed by atoms with E-state index in [1.54, 1.807) is 7.11 Å². The van der Waals surface area contributed by atoms with Crippen LogP contribution in [0.15, 0.2) is 11.1 Å². The Morgan fingerprint density at radius 3 is 2.70 bits per heavy atom. The molecule has 0 bridgehead atoms. The first-order valence-corrected chi connectivity index (χ1v) is 3.56. The molecule has 1 saturated heterocycles. The van der Waals surface area contributed by atoms with E-state index in [1.807, 2.05) is 0 Å². The third-order valence-electron chi connectivity index (χ3n) is 1.78. The minimum absolute atomic E-state index is 0.0648. The van der Waals surface area contributed by atoms with Crippen molar-refractivity contribution in [3.8, 4) is 0 Å². The fraction of sp³-hybridized carbons (Fsp3) is 0.750. The summed E-state index contributed by atoms with van der Waals surface area (Å²) in [5.74, 6) is 0. The summed E-state index contributed by atoms with van der Waals surface area (Å²) >= 11 is 0. The molecule has 0 aromatic rings. The van der Waals surface area contributed by atoms with Gasteiger partial charge < -0.3 is 9.47 Å². The van der Waals surface area contributed by atoms with Gasteiger partial charge in [0.25, 0.3) is 0 Å². The highest BCUT2D eigenvalue weighted by Gasteiger charge is 2.21. The van der Waals surface area contributed by atoms with Crippen LogP contribution in [0.2, 0.25) is 0 Å². The molecule has 1 aliphatic heterocycles. The summed E-state index contributed by atoms with van der Waals surface area (Å²) in [6.07, 6.45) is 0.964. The van der Waals surface area contributed by atoms with Gasteiger partial charge in [0.1, 0.15) is 0 Å². The molecule has 0 N–H and O–H groups in total. The Morgan fingerprint density at radius 1 is 1.60 bits per heavy atom. The summed E-state index contributed by atoms with van der Waals surface area (Å²) in [5, 5.41) is 0. The van der Waals surface area contributed by atoms with Crippen LogP contribution in [0.5, 0.6) is 0 Å². The second-order valence-electron chi connectivity index (χ2n) is 2.71. The number of ether oxygens (including phenoxy) is 2. The van der Waals surface area contributed by atoms with Gasteiger partial charge in [0.15, 0.2) is 6.29 Å². The molecule has 0 aromatic heterocycles. The molecule has 0 aromatic carbocycles. The molecule has 1 fully saturated rings. The topological polar surface area (TPSA) is 18.5 Å². The normalized spacial score (nSPS) is 25.5. The molecule has 0 saturated carbocycles. The molecule has 2 nitrogen and oxygen atoms in total. The van der Waals surface area contributed by atoms with Gasteiger partial charge >= 0.3 is 0 Å². The van der Waals surface area contributed by atoms with Gasteiger partial charge in [-0.3, -0.25) is 0 Å². The highest BCUT2D eigenvalue weighted by atomic mass is 16.7. The lowest BCUT2D eigenvalue weighted by Crippen LogP contribution is -2.10. The molecule has 58 valence electrons. The summed E-state index contributed by atoms with van der Waals surface area (Å²) in [6, 6.07) is 0. The zero-order chi connectivity index (χ0) is 7.56. The number of hydrogen-bond donors (Lipinski definition) is 0. The Kier molecular flexibility index (Phi) is 2.46. The summed E-state index contributed by atoms with van der Waals surface area (Å²) in [7, 11) is 1.68. The first kappa shape index (κ1) is 7.76. The molecule has 10 heavy (non-hydrogen) atoms. The summed E-state index contributed by atoms with van der Waals surface area (Å²) in [4.78, 5) is 0. The Hall–Kier alpha value is -0.340. The van der Waals surface area contributed by atoms with Gasteiger partial charge in [0.2, 0.25) is 0 Å². The monoisotopic (exact) mass is 142 g/mol. The highest BCUT2D eigenvalue weighted by Crippen LogP contribution is 2.23. The second kappa shape index (κ2) is 3.17. The first-order valence-electron chi connectivity index (χ1n) is 3.56. The standard InChI is InChI=1S/C8H14O2/c1-6(2)7-4-5-10-8(7)9-3/h8H,4-5H2,1-3H3. The molecule has 0 aliphatic carbocycles. The molecule has 1 rings (SSSR count). The van der Waals surface area contributed by atoms with Crippen LogP contribution in [0, 0.1) is 0 Å². The van der Waals surface area contributed by atoms with Gasteiger partial charge in [0.05, 0.1) is 6.61 Å². The Morgan fingerprint density at radius 2 is 2.30 bits per heavy atom. The molecule has 0 radical (unpaired) electrons. The van der Waals surface area contributed by atoms with Crippen LogP contribution in [-0.4, -0.2) is 20.0 Å². The van der Waals surface area contributed by atoms with E-state index in [1.165, 1.54) is 11.1 Å². The van der Waals surface area contributed by atoms with E-state index in [2.05, 4.69) is 13.8 Å². The SMILES string of the molecule is COC1OCCC1=C(C)C. The minimum Gasteiger partial charge on any atom is -0.352 e. The van der Waals surface area contributed by atoms with Crippen molar-refractivity contribution in [3.63, 3.8) is 0 Å². The van der Waals surface area contributed by atoms with Crippen LogP contribution in [-0.2, 0) is 9.47 Å². The summed E-state index contributed by atoms with van der Waals surface area (Å²) in [6.45, 7) is 4.99. The Bertz CT molecular complexity index is 145. The molecule has 0 spiro atoms. The van der Waals surface area contributed by atoms with E-state index >= 15 is 0 Å². The summed E-state index contributed by atoms with van der Waals surface area (Å²) in [5.41, 5.74) is 2.63. The van der Waals surface area contributed by atoms with Gasteiger partial charge in [-0.1, -0.05) is 5.57 Å². The fourth-order valence-electron chi connectivity index (χ4n) is 1.19. The third-order valence-corrected chi connectivity index (χ3v) is 1.78. The lowest BCUT2D eigenvalue weighted by Gasteiger charge is -2.09. The number of hydrogen-bond acceptors (Lipinski definition) is 2. The maximum absolute atomic E-state index is 5.30. The van der Waals surface area contributed by atoms with E-state index in [0.717, 1.165) is 13.0 Å². The average Bonchev–Trinajstić information content (AvgIpc) is 2.33. The average molecular weight is 142 g/mol. The van der Waals surface area contributed by atoms with Crippen LogP contribution in [0.1, 0.15) is 20.3 Å². The van der Waals surface area contributed by atoms with E-state index in [4.69, 9.17) is 9.47 Å². The van der Waals surface area contributed by atoms with Crippen LogP contribution in [0.4, 0.5) is 0 Å². The van der Waals surface area contributed by atoms with Crippen molar-refractivity contribution in [2.75, 3.05) is 13.7 Å². The van der Waals surface area contributed by atoms with Crippen LogP contribution in [0.3, 0.4) is 0 Å². The van der Waals surface area contributed by atoms with Crippen molar-refractivity contribution >= 4 is 0 Å². The predicted octanol–water partition coefficient (Wildman–Crippen LogP) is 1.72. The van der Waals surface area contributed by atoms with Crippen LogP contribution < -0.4 is 0 Å². The molecule has 1 unspecified atom stereocenters. The van der Waals surface area contributed by atoms with Crippen molar-refractivity contribution in [1.82, 2.24) is 0 Å². The van der Waals surface area contributed by atoms with Gasteiger partial charge in [0, 0.05) is 7.11 Å². The summed E-state index contributed by atoms with van der Waals surface area (Å²) < 4.78 is 10.4. The van der Waals surface area contributed by atoms with Gasteiger partial charge in [-0.25, -0.2) is 0 Å². The fourth-order valence-corrected chi connectivity index (χ4v) is 1.19. The highest BCUT2D eigenvalue weighted by molar-refractivity contribution is 5.15. The molecular formula is C8H14O2. The van der Waals surface area contributed by atoms with Crippen LogP contribution >= 0.6 is 0 Å².